The van der Waals surface area contributed by atoms with E-state index in [1.807, 2.05) is 18.2 Å². The summed E-state index contributed by atoms with van der Waals surface area (Å²) in [6.45, 7) is 13.1. The summed E-state index contributed by atoms with van der Waals surface area (Å²) >= 11 is 0. The number of rotatable bonds is 8. The molecular formula is C29H40N2O4. The maximum atomic E-state index is 13.2. The first kappa shape index (κ1) is 26.9. The number of piperidine rings is 1. The first-order valence-electron chi connectivity index (χ1n) is 12.6. The van der Waals surface area contributed by atoms with Crippen molar-refractivity contribution in [1.82, 2.24) is 10.4 Å². The maximum Gasteiger partial charge on any atom is 0.337 e. The van der Waals surface area contributed by atoms with Crippen molar-refractivity contribution in [2.75, 3.05) is 7.11 Å². The van der Waals surface area contributed by atoms with Gasteiger partial charge in [-0.05, 0) is 75.8 Å². The van der Waals surface area contributed by atoms with Gasteiger partial charge in [0.25, 0.3) is 5.91 Å². The van der Waals surface area contributed by atoms with Crippen LogP contribution in [0.3, 0.4) is 0 Å². The van der Waals surface area contributed by atoms with Crippen molar-refractivity contribution in [2.45, 2.75) is 84.0 Å². The third kappa shape index (κ3) is 5.44. The molecule has 6 heteroatoms. The molecule has 3 rings (SSSR count). The molecule has 0 radical (unpaired) electrons. The molecule has 0 bridgehead atoms. The molecule has 1 fully saturated rings. The van der Waals surface area contributed by atoms with Crippen molar-refractivity contribution < 1.29 is 19.2 Å². The maximum absolute atomic E-state index is 13.2. The third-order valence-electron chi connectivity index (χ3n) is 8.09. The second kappa shape index (κ2) is 10.9. The molecular weight excluding hydrogens is 440 g/mol. The Morgan fingerprint density at radius 2 is 1.63 bits per heavy atom. The summed E-state index contributed by atoms with van der Waals surface area (Å²) in [5.41, 5.74) is 1.55. The van der Waals surface area contributed by atoms with E-state index in [1.165, 1.54) is 7.11 Å². The zero-order valence-corrected chi connectivity index (χ0v) is 22.1. The van der Waals surface area contributed by atoms with Gasteiger partial charge in [-0.1, -0.05) is 51.1 Å². The number of hydrogen-bond acceptors (Lipinski definition) is 5. The summed E-state index contributed by atoms with van der Waals surface area (Å²) in [6, 6.07) is 16.8. The van der Waals surface area contributed by atoms with Gasteiger partial charge >= 0.3 is 5.97 Å². The Labute approximate surface area is 210 Å². The molecule has 1 N–H and O–H groups in total. The summed E-state index contributed by atoms with van der Waals surface area (Å²) in [4.78, 5) is 31.6. The molecule has 1 aliphatic rings. The molecule has 1 heterocycles. The molecule has 0 aromatic heterocycles. The number of nitrogens with one attached hydrogen (secondary N) is 1. The van der Waals surface area contributed by atoms with Crippen molar-refractivity contribution in [3.63, 3.8) is 0 Å². The number of hydrogen-bond donors (Lipinski definition) is 1. The first-order valence-corrected chi connectivity index (χ1v) is 12.6. The molecule has 1 saturated heterocycles. The van der Waals surface area contributed by atoms with Crippen LogP contribution in [0.1, 0.15) is 93.2 Å². The zero-order chi connectivity index (χ0) is 25.8. The van der Waals surface area contributed by atoms with E-state index >= 15 is 0 Å². The predicted molar refractivity (Wildman–Crippen MR) is 138 cm³/mol. The largest absolute Gasteiger partial charge is 0.465 e. The van der Waals surface area contributed by atoms with Gasteiger partial charge in [-0.3, -0.25) is 9.63 Å². The van der Waals surface area contributed by atoms with E-state index in [9.17, 15) is 9.59 Å². The fraction of sp³-hybridized carbons (Fsp3) is 0.517. The van der Waals surface area contributed by atoms with Crippen molar-refractivity contribution in [3.05, 3.63) is 71.3 Å². The fourth-order valence-electron chi connectivity index (χ4n) is 5.22. The Bertz CT molecular complexity index is 1010. The number of hydroxylamine groups is 2. The van der Waals surface area contributed by atoms with Crippen LogP contribution in [0, 0.1) is 5.92 Å². The Hall–Kier alpha value is -2.70. The molecule has 5 unspecified atom stereocenters. The minimum atomic E-state index is -0.417. The SMILES string of the molecule is CCC1(C)CC(NC(=O)c2ccc(C(=O)OC)cc2)C(C)C(C)(CC)N1OC(C)c1ccccc1. The van der Waals surface area contributed by atoms with Crippen LogP contribution in [0.2, 0.25) is 0 Å². The average Bonchev–Trinajstić information content (AvgIpc) is 2.89. The smallest absolute Gasteiger partial charge is 0.337 e. The van der Waals surface area contributed by atoms with Crippen molar-refractivity contribution >= 4 is 11.9 Å². The van der Waals surface area contributed by atoms with Gasteiger partial charge in [0.1, 0.15) is 6.10 Å². The number of amides is 1. The van der Waals surface area contributed by atoms with Crippen molar-refractivity contribution in [1.29, 1.82) is 0 Å². The monoisotopic (exact) mass is 480 g/mol. The molecule has 190 valence electrons. The number of carbonyl (C=O) groups excluding carboxylic acids is 2. The summed E-state index contributed by atoms with van der Waals surface area (Å²) in [6.07, 6.45) is 2.45. The molecule has 5 atom stereocenters. The fourth-order valence-corrected chi connectivity index (χ4v) is 5.22. The quantitative estimate of drug-likeness (QED) is 0.473. The lowest BCUT2D eigenvalue weighted by molar-refractivity contribution is -0.327. The molecule has 35 heavy (non-hydrogen) atoms. The van der Waals surface area contributed by atoms with Crippen molar-refractivity contribution in [2.24, 2.45) is 5.92 Å². The second-order valence-electron chi connectivity index (χ2n) is 10.2. The Morgan fingerprint density at radius 3 is 2.17 bits per heavy atom. The number of esters is 1. The predicted octanol–water partition coefficient (Wildman–Crippen LogP) is 5.94. The van der Waals surface area contributed by atoms with Gasteiger partial charge < -0.3 is 10.1 Å². The van der Waals surface area contributed by atoms with E-state index in [-0.39, 0.29) is 35.0 Å². The molecule has 2 aromatic rings. The van der Waals surface area contributed by atoms with Gasteiger partial charge in [0, 0.05) is 22.7 Å². The van der Waals surface area contributed by atoms with Crippen LogP contribution in [0.15, 0.2) is 54.6 Å². The van der Waals surface area contributed by atoms with E-state index in [2.05, 4.69) is 64.1 Å². The number of carbonyl (C=O) groups is 2. The van der Waals surface area contributed by atoms with E-state index in [0.29, 0.717) is 11.1 Å². The van der Waals surface area contributed by atoms with Crippen LogP contribution in [0.5, 0.6) is 0 Å². The van der Waals surface area contributed by atoms with E-state index in [0.717, 1.165) is 24.8 Å². The molecule has 0 spiro atoms. The Balaban J connectivity index is 1.83. The lowest BCUT2D eigenvalue weighted by Gasteiger charge is -2.60. The van der Waals surface area contributed by atoms with Gasteiger partial charge in [-0.15, -0.1) is 0 Å². The summed E-state index contributed by atoms with van der Waals surface area (Å²) in [5, 5.41) is 5.53. The topological polar surface area (TPSA) is 67.9 Å². The van der Waals surface area contributed by atoms with Gasteiger partial charge in [-0.2, -0.15) is 5.06 Å². The average molecular weight is 481 g/mol. The Morgan fingerprint density at radius 1 is 1.03 bits per heavy atom. The molecule has 1 amide bonds. The minimum absolute atomic E-state index is 0.0236. The van der Waals surface area contributed by atoms with Crippen LogP contribution < -0.4 is 5.32 Å². The minimum Gasteiger partial charge on any atom is -0.465 e. The highest BCUT2D eigenvalue weighted by molar-refractivity contribution is 5.96. The Kier molecular flexibility index (Phi) is 8.39. The molecule has 2 aromatic carbocycles. The number of methoxy groups -OCH3 is 1. The molecule has 1 aliphatic heterocycles. The normalized spacial score (nSPS) is 27.7. The van der Waals surface area contributed by atoms with Gasteiger partial charge in [-0.25, -0.2) is 4.79 Å². The van der Waals surface area contributed by atoms with E-state index in [1.54, 1.807) is 24.3 Å². The van der Waals surface area contributed by atoms with Crippen LogP contribution in [-0.2, 0) is 9.57 Å². The van der Waals surface area contributed by atoms with Gasteiger partial charge in [0.2, 0.25) is 0 Å². The molecule has 0 saturated carbocycles. The van der Waals surface area contributed by atoms with Gasteiger partial charge in [0.05, 0.1) is 12.7 Å². The van der Waals surface area contributed by atoms with Crippen LogP contribution >= 0.6 is 0 Å². The zero-order valence-electron chi connectivity index (χ0n) is 22.1. The molecule has 6 nitrogen and oxygen atoms in total. The van der Waals surface area contributed by atoms with Gasteiger partial charge in [0.15, 0.2) is 0 Å². The third-order valence-corrected chi connectivity index (χ3v) is 8.09. The first-order chi connectivity index (χ1) is 16.6. The number of benzene rings is 2. The molecule has 0 aliphatic carbocycles. The van der Waals surface area contributed by atoms with Crippen molar-refractivity contribution in [3.8, 4) is 0 Å². The van der Waals surface area contributed by atoms with E-state index in [4.69, 9.17) is 9.57 Å². The number of nitrogens with zero attached hydrogens (tertiary/aromatic N) is 1. The lowest BCUT2D eigenvalue weighted by Crippen LogP contribution is -2.70. The highest BCUT2D eigenvalue weighted by Gasteiger charge is 2.54. The van der Waals surface area contributed by atoms with Crippen LogP contribution in [-0.4, -0.2) is 41.2 Å². The lowest BCUT2D eigenvalue weighted by atomic mass is 9.68. The van der Waals surface area contributed by atoms with Crippen LogP contribution in [0.25, 0.3) is 0 Å². The highest BCUT2D eigenvalue weighted by atomic mass is 16.7. The summed E-state index contributed by atoms with van der Waals surface area (Å²) in [7, 11) is 1.34. The second-order valence-corrected chi connectivity index (χ2v) is 10.2. The van der Waals surface area contributed by atoms with Crippen LogP contribution in [0.4, 0.5) is 0 Å². The highest BCUT2D eigenvalue weighted by Crippen LogP contribution is 2.47. The number of ether oxygens (including phenoxy) is 1. The van der Waals surface area contributed by atoms with E-state index < -0.39 is 5.97 Å². The summed E-state index contributed by atoms with van der Waals surface area (Å²) in [5.74, 6) is -0.407. The summed E-state index contributed by atoms with van der Waals surface area (Å²) < 4.78 is 4.75. The standard InChI is InChI=1S/C29H40N2O4/c1-8-28(5)19-25(30-26(32)23-15-17-24(18-16-23)27(33)34-7)20(3)29(6,9-2)31(28)35-21(4)22-13-11-10-12-14-22/h10-18,20-21,25H,8-9,19H2,1-7H3,(H,30,32).